The minimum atomic E-state index is -1.79. The van der Waals surface area contributed by atoms with Crippen molar-refractivity contribution in [2.75, 3.05) is 19.8 Å². The molecule has 2 aliphatic heterocycles. The number of carbonyl (C=O) groups is 1. The lowest BCUT2D eigenvalue weighted by Crippen LogP contribution is -2.65. The number of ether oxygens (including phenoxy) is 4. The number of rotatable bonds is 29. The van der Waals surface area contributed by atoms with E-state index < -0.39 is 86.8 Å². The van der Waals surface area contributed by atoms with Crippen LogP contribution >= 0.6 is 0 Å². The Labute approximate surface area is 322 Å². The molecule has 0 aliphatic carbocycles. The Bertz CT molecular complexity index is 1010. The zero-order valence-corrected chi connectivity index (χ0v) is 32.7. The molecule has 14 heteroatoms. The molecule has 12 unspecified atom stereocenters. The molecule has 2 heterocycles. The molecule has 0 spiro atoms. The van der Waals surface area contributed by atoms with Crippen LogP contribution in [0.15, 0.2) is 24.3 Å². The fourth-order valence-corrected chi connectivity index (χ4v) is 6.66. The molecule has 12 atom stereocenters. The van der Waals surface area contributed by atoms with Gasteiger partial charge in [-0.3, -0.25) is 4.79 Å². The molecular weight excluding hydrogens is 702 g/mol. The van der Waals surface area contributed by atoms with E-state index in [4.69, 9.17) is 18.9 Å². The number of unbranched alkanes of at least 4 members (excludes halogenated alkanes) is 14. The summed E-state index contributed by atoms with van der Waals surface area (Å²) in [6.45, 7) is 2.65. The van der Waals surface area contributed by atoms with Crippen molar-refractivity contribution in [2.45, 2.75) is 203 Å². The van der Waals surface area contributed by atoms with Gasteiger partial charge in [0.1, 0.15) is 48.8 Å². The first-order valence-electron chi connectivity index (χ1n) is 20.6. The summed E-state index contributed by atoms with van der Waals surface area (Å²) in [5.41, 5.74) is 0. The van der Waals surface area contributed by atoms with Crippen LogP contribution in [-0.2, 0) is 23.7 Å². The van der Waals surface area contributed by atoms with E-state index in [1.54, 1.807) is 6.08 Å². The Kier molecular flexibility index (Phi) is 25.9. The third-order valence-electron chi connectivity index (χ3n) is 10.1. The van der Waals surface area contributed by atoms with Crippen LogP contribution in [0.4, 0.5) is 0 Å². The molecule has 54 heavy (non-hydrogen) atoms. The SMILES string of the molecule is CCCCCCCCC/C=C/CC/C=C/C(O)C(COC1OC(CO)C(OC2OC(CO)C(O)C(O)C2O)C(O)C1O)NC(=O)CCCCCCCCC. The summed E-state index contributed by atoms with van der Waals surface area (Å²) in [5.74, 6) is -0.260. The van der Waals surface area contributed by atoms with Gasteiger partial charge in [0.2, 0.25) is 5.91 Å². The molecule has 9 N–H and O–H groups in total. The number of hydrogen-bond donors (Lipinski definition) is 9. The molecule has 1 amide bonds. The first-order valence-corrected chi connectivity index (χ1v) is 20.6. The summed E-state index contributed by atoms with van der Waals surface area (Å²) in [6, 6.07) is -0.921. The minimum Gasteiger partial charge on any atom is -0.394 e. The van der Waals surface area contributed by atoms with Gasteiger partial charge in [0, 0.05) is 6.42 Å². The Morgan fingerprint density at radius 1 is 0.648 bits per heavy atom. The predicted molar refractivity (Wildman–Crippen MR) is 203 cm³/mol. The van der Waals surface area contributed by atoms with E-state index in [-0.39, 0.29) is 18.9 Å². The average molecular weight is 776 g/mol. The summed E-state index contributed by atoms with van der Waals surface area (Å²) >= 11 is 0. The monoisotopic (exact) mass is 776 g/mol. The van der Waals surface area contributed by atoms with Crippen molar-refractivity contribution in [2.24, 2.45) is 0 Å². The molecule has 0 bridgehead atoms. The van der Waals surface area contributed by atoms with E-state index in [0.717, 1.165) is 38.5 Å². The molecule has 2 saturated heterocycles. The van der Waals surface area contributed by atoms with Gasteiger partial charge in [-0.15, -0.1) is 0 Å². The summed E-state index contributed by atoms with van der Waals surface area (Å²) in [7, 11) is 0. The van der Waals surface area contributed by atoms with Crippen LogP contribution in [0, 0.1) is 0 Å². The zero-order chi connectivity index (χ0) is 39.7. The van der Waals surface area contributed by atoms with Crippen molar-refractivity contribution in [1.82, 2.24) is 5.32 Å². The molecule has 0 aromatic heterocycles. The lowest BCUT2D eigenvalue weighted by Gasteiger charge is -2.46. The third-order valence-corrected chi connectivity index (χ3v) is 10.1. The fraction of sp³-hybridized carbons (Fsp3) is 0.875. The number of aliphatic hydroxyl groups excluding tert-OH is 8. The van der Waals surface area contributed by atoms with Crippen molar-refractivity contribution in [1.29, 1.82) is 0 Å². The van der Waals surface area contributed by atoms with Gasteiger partial charge in [0.05, 0.1) is 32.0 Å². The van der Waals surface area contributed by atoms with Crippen molar-refractivity contribution in [3.63, 3.8) is 0 Å². The molecule has 2 fully saturated rings. The van der Waals surface area contributed by atoms with E-state index in [1.165, 1.54) is 57.8 Å². The fourth-order valence-electron chi connectivity index (χ4n) is 6.66. The van der Waals surface area contributed by atoms with Gasteiger partial charge in [-0.1, -0.05) is 115 Å². The van der Waals surface area contributed by atoms with E-state index >= 15 is 0 Å². The van der Waals surface area contributed by atoms with Crippen molar-refractivity contribution in [3.8, 4) is 0 Å². The first kappa shape index (κ1) is 48.6. The molecule has 0 aromatic carbocycles. The van der Waals surface area contributed by atoms with Gasteiger partial charge in [-0.25, -0.2) is 0 Å². The van der Waals surface area contributed by atoms with Crippen LogP contribution in [0.5, 0.6) is 0 Å². The van der Waals surface area contributed by atoms with Crippen LogP contribution in [-0.4, -0.2) is 140 Å². The number of amides is 1. The standard InChI is InChI=1S/C40H73NO13/c1-3-5-7-9-11-12-13-14-15-16-18-19-21-23-29(44)28(41-32(45)24-22-20-17-10-8-6-4-2)27-51-39-37(50)35(48)38(31(26-43)53-39)54-40-36(49)34(47)33(46)30(25-42)52-40/h15-16,21,23,28-31,33-40,42-44,46-50H,3-14,17-20,22,24-27H2,1-2H3,(H,41,45)/b16-15+,23-21+. The maximum absolute atomic E-state index is 12.9. The van der Waals surface area contributed by atoms with Gasteiger partial charge in [-0.2, -0.15) is 0 Å². The molecule has 0 radical (unpaired) electrons. The summed E-state index contributed by atoms with van der Waals surface area (Å²) in [6.07, 6.45) is 9.79. The van der Waals surface area contributed by atoms with Crippen molar-refractivity contribution >= 4 is 5.91 Å². The zero-order valence-electron chi connectivity index (χ0n) is 32.7. The Hall–Kier alpha value is -1.53. The number of nitrogens with one attached hydrogen (secondary N) is 1. The highest BCUT2D eigenvalue weighted by Gasteiger charge is 2.50. The Balaban J connectivity index is 1.96. The van der Waals surface area contributed by atoms with Gasteiger partial charge >= 0.3 is 0 Å². The highest BCUT2D eigenvalue weighted by Crippen LogP contribution is 2.29. The van der Waals surface area contributed by atoms with E-state index in [2.05, 4.69) is 31.3 Å². The maximum Gasteiger partial charge on any atom is 0.220 e. The Morgan fingerprint density at radius 3 is 1.81 bits per heavy atom. The molecule has 0 aromatic rings. The van der Waals surface area contributed by atoms with Crippen LogP contribution in [0.3, 0.4) is 0 Å². The Morgan fingerprint density at radius 2 is 1.19 bits per heavy atom. The lowest BCUT2D eigenvalue weighted by molar-refractivity contribution is -0.359. The minimum absolute atomic E-state index is 0.260. The number of carbonyl (C=O) groups excluding carboxylic acids is 1. The van der Waals surface area contributed by atoms with Gasteiger partial charge < -0.3 is 65.1 Å². The smallest absolute Gasteiger partial charge is 0.220 e. The van der Waals surface area contributed by atoms with Crippen molar-refractivity contribution < 1.29 is 64.6 Å². The van der Waals surface area contributed by atoms with Gasteiger partial charge in [0.25, 0.3) is 0 Å². The quantitative estimate of drug-likeness (QED) is 0.0394. The normalized spacial score (nSPS) is 30.3. The highest BCUT2D eigenvalue weighted by molar-refractivity contribution is 5.76. The maximum atomic E-state index is 12.9. The molecule has 14 nitrogen and oxygen atoms in total. The van der Waals surface area contributed by atoms with E-state index in [9.17, 15) is 45.6 Å². The molecule has 316 valence electrons. The number of aliphatic hydroxyl groups is 8. The molecule has 0 saturated carbocycles. The van der Waals surface area contributed by atoms with Crippen molar-refractivity contribution in [3.05, 3.63) is 24.3 Å². The second-order valence-electron chi connectivity index (χ2n) is 14.8. The second kappa shape index (κ2) is 28.8. The number of allylic oxidation sites excluding steroid dienone is 3. The topological polar surface area (TPSA) is 228 Å². The second-order valence-corrected chi connectivity index (χ2v) is 14.8. The average Bonchev–Trinajstić information content (AvgIpc) is 3.17. The van der Waals surface area contributed by atoms with Crippen LogP contribution in [0.2, 0.25) is 0 Å². The predicted octanol–water partition coefficient (Wildman–Crippen LogP) is 2.65. The molecule has 2 aliphatic rings. The lowest BCUT2D eigenvalue weighted by atomic mass is 9.97. The van der Waals surface area contributed by atoms with Gasteiger partial charge in [0.15, 0.2) is 12.6 Å². The number of hydrogen-bond acceptors (Lipinski definition) is 13. The van der Waals surface area contributed by atoms with Crippen LogP contribution in [0.1, 0.15) is 129 Å². The summed E-state index contributed by atoms with van der Waals surface area (Å²) < 4.78 is 22.5. The molecular formula is C40H73NO13. The van der Waals surface area contributed by atoms with E-state index in [1.807, 2.05) is 6.08 Å². The summed E-state index contributed by atoms with van der Waals surface area (Å²) in [4.78, 5) is 12.9. The largest absolute Gasteiger partial charge is 0.394 e. The summed E-state index contributed by atoms with van der Waals surface area (Å²) in [5, 5.41) is 86.0. The first-order chi connectivity index (χ1) is 26.1. The molecule has 2 rings (SSSR count). The highest BCUT2D eigenvalue weighted by atomic mass is 16.7. The van der Waals surface area contributed by atoms with E-state index in [0.29, 0.717) is 12.8 Å². The van der Waals surface area contributed by atoms with Crippen LogP contribution < -0.4 is 5.32 Å². The van der Waals surface area contributed by atoms with Gasteiger partial charge in [-0.05, 0) is 32.1 Å². The van der Waals surface area contributed by atoms with Crippen LogP contribution in [0.25, 0.3) is 0 Å². The third kappa shape index (κ3) is 17.7.